The monoisotopic (exact) mass is 333 g/mol. The summed E-state index contributed by atoms with van der Waals surface area (Å²) in [6.45, 7) is 4.20. The van der Waals surface area contributed by atoms with E-state index in [1.807, 2.05) is 38.1 Å². The normalized spacial score (nSPS) is 21.6. The molecule has 3 amide bonds. The highest BCUT2D eigenvalue weighted by molar-refractivity contribution is 5.94. The minimum atomic E-state index is -0.915. The molecule has 1 aromatic carbocycles. The van der Waals surface area contributed by atoms with Crippen LogP contribution in [0.3, 0.4) is 0 Å². The van der Waals surface area contributed by atoms with Crippen molar-refractivity contribution in [2.75, 3.05) is 6.54 Å². The summed E-state index contributed by atoms with van der Waals surface area (Å²) in [6.07, 6.45) is 0.598. The lowest BCUT2D eigenvalue weighted by atomic mass is 9.81. The number of hydroxylamine groups is 1. The molecule has 0 aromatic heterocycles. The molecule has 4 N–H and O–H groups in total. The Balaban J connectivity index is 2.25. The number of carbonyl (C=O) groups is 3. The Morgan fingerprint density at radius 1 is 1.38 bits per heavy atom. The molecule has 1 aliphatic heterocycles. The Bertz CT molecular complexity index is 644. The first kappa shape index (κ1) is 17.9. The molecule has 1 heterocycles. The number of likely N-dealkylation sites (tertiary alicyclic amines) is 1. The fourth-order valence-corrected chi connectivity index (χ4v) is 3.14. The molecule has 0 spiro atoms. The van der Waals surface area contributed by atoms with Crippen molar-refractivity contribution >= 4 is 17.7 Å². The zero-order valence-corrected chi connectivity index (χ0v) is 13.9. The van der Waals surface area contributed by atoms with E-state index in [4.69, 9.17) is 10.9 Å². The van der Waals surface area contributed by atoms with Crippen LogP contribution in [0.2, 0.25) is 0 Å². The number of rotatable bonds is 6. The number of carbonyl (C=O) groups excluding carboxylic acids is 3. The summed E-state index contributed by atoms with van der Waals surface area (Å²) in [5.41, 5.74) is 7.97. The molecular weight excluding hydrogens is 310 g/mol. The maximum Gasteiger partial charge on any atom is 0.266 e. The quantitative estimate of drug-likeness (QED) is 0.523. The third-order valence-electron chi connectivity index (χ3n) is 4.73. The van der Waals surface area contributed by atoms with E-state index in [0.717, 1.165) is 11.1 Å². The van der Waals surface area contributed by atoms with E-state index in [1.165, 1.54) is 4.90 Å². The Hall–Kier alpha value is -2.41. The van der Waals surface area contributed by atoms with Gasteiger partial charge >= 0.3 is 0 Å². The molecule has 0 saturated carbocycles. The minimum Gasteiger partial charge on any atom is -0.370 e. The topological polar surface area (TPSA) is 113 Å². The van der Waals surface area contributed by atoms with Gasteiger partial charge in [0, 0.05) is 13.0 Å². The molecule has 2 atom stereocenters. The van der Waals surface area contributed by atoms with Gasteiger partial charge in [0.25, 0.3) is 5.91 Å². The van der Waals surface area contributed by atoms with E-state index in [-0.39, 0.29) is 18.7 Å². The third-order valence-corrected chi connectivity index (χ3v) is 4.73. The van der Waals surface area contributed by atoms with Crippen molar-refractivity contribution in [1.82, 2.24) is 10.4 Å². The number of hydrogen-bond donors (Lipinski definition) is 3. The second-order valence-corrected chi connectivity index (χ2v) is 6.44. The number of nitrogens with zero attached hydrogens (tertiary/aromatic N) is 1. The third kappa shape index (κ3) is 3.41. The van der Waals surface area contributed by atoms with Gasteiger partial charge in [0.1, 0.15) is 6.04 Å². The van der Waals surface area contributed by atoms with Gasteiger partial charge in [0.05, 0.1) is 5.41 Å². The second kappa shape index (κ2) is 7.00. The van der Waals surface area contributed by atoms with Crippen LogP contribution in [-0.4, -0.2) is 40.4 Å². The van der Waals surface area contributed by atoms with Gasteiger partial charge in [-0.1, -0.05) is 29.8 Å². The maximum absolute atomic E-state index is 13.0. The van der Waals surface area contributed by atoms with Gasteiger partial charge in [0.15, 0.2) is 0 Å². The lowest BCUT2D eigenvalue weighted by Crippen LogP contribution is -2.49. The zero-order valence-electron chi connectivity index (χ0n) is 13.9. The fourth-order valence-electron chi connectivity index (χ4n) is 3.14. The average Bonchev–Trinajstić information content (AvgIpc) is 2.85. The smallest absolute Gasteiger partial charge is 0.266 e. The molecule has 7 heteroatoms. The lowest BCUT2D eigenvalue weighted by Gasteiger charge is -2.29. The molecule has 1 saturated heterocycles. The molecule has 2 unspecified atom stereocenters. The van der Waals surface area contributed by atoms with Crippen LogP contribution in [0.5, 0.6) is 0 Å². The molecule has 0 aliphatic carbocycles. The Labute approximate surface area is 140 Å². The van der Waals surface area contributed by atoms with Crippen molar-refractivity contribution in [3.05, 3.63) is 35.4 Å². The first-order valence-corrected chi connectivity index (χ1v) is 7.90. The van der Waals surface area contributed by atoms with Crippen LogP contribution in [-0.2, 0) is 19.8 Å². The summed E-state index contributed by atoms with van der Waals surface area (Å²) in [5, 5.41) is 8.94. The van der Waals surface area contributed by atoms with E-state index in [2.05, 4.69) is 0 Å². The SMILES string of the molecule is Cc1ccc(C2(C)CCN(C(CCC(N)=O)C(=O)NO)C2=O)cc1. The van der Waals surface area contributed by atoms with Gasteiger partial charge in [0.2, 0.25) is 11.8 Å². The molecule has 130 valence electrons. The van der Waals surface area contributed by atoms with E-state index in [1.54, 1.807) is 5.48 Å². The van der Waals surface area contributed by atoms with E-state index < -0.39 is 23.3 Å². The largest absolute Gasteiger partial charge is 0.370 e. The number of nitrogens with two attached hydrogens (primary N) is 1. The molecule has 1 fully saturated rings. The van der Waals surface area contributed by atoms with Crippen LogP contribution in [0, 0.1) is 6.92 Å². The van der Waals surface area contributed by atoms with E-state index >= 15 is 0 Å². The van der Waals surface area contributed by atoms with Crippen molar-refractivity contribution in [3.8, 4) is 0 Å². The first-order valence-electron chi connectivity index (χ1n) is 7.90. The summed E-state index contributed by atoms with van der Waals surface area (Å²) >= 11 is 0. The first-order chi connectivity index (χ1) is 11.3. The Morgan fingerprint density at radius 3 is 2.54 bits per heavy atom. The maximum atomic E-state index is 13.0. The van der Waals surface area contributed by atoms with Crippen molar-refractivity contribution < 1.29 is 19.6 Å². The molecule has 1 aliphatic rings. The summed E-state index contributed by atoms with van der Waals surface area (Å²) in [5.74, 6) is -1.46. The van der Waals surface area contributed by atoms with Crippen molar-refractivity contribution in [3.63, 3.8) is 0 Å². The highest BCUT2D eigenvalue weighted by atomic mass is 16.5. The van der Waals surface area contributed by atoms with Gasteiger partial charge in [-0.15, -0.1) is 0 Å². The zero-order chi connectivity index (χ0) is 17.9. The van der Waals surface area contributed by atoms with Crippen molar-refractivity contribution in [1.29, 1.82) is 0 Å². The van der Waals surface area contributed by atoms with Gasteiger partial charge in [-0.3, -0.25) is 19.6 Å². The number of primary amides is 1. The van der Waals surface area contributed by atoms with Crippen LogP contribution in [0.4, 0.5) is 0 Å². The van der Waals surface area contributed by atoms with Crippen LogP contribution in [0.1, 0.15) is 37.3 Å². The predicted octanol–water partition coefficient (Wildman–Crippen LogP) is 0.625. The van der Waals surface area contributed by atoms with Gasteiger partial charge in [-0.25, -0.2) is 5.48 Å². The van der Waals surface area contributed by atoms with Gasteiger partial charge in [-0.2, -0.15) is 0 Å². The highest BCUT2D eigenvalue weighted by Crippen LogP contribution is 2.37. The molecule has 2 rings (SSSR count). The van der Waals surface area contributed by atoms with Crippen LogP contribution in [0.15, 0.2) is 24.3 Å². The van der Waals surface area contributed by atoms with Crippen molar-refractivity contribution in [2.24, 2.45) is 5.73 Å². The second-order valence-electron chi connectivity index (χ2n) is 6.44. The Morgan fingerprint density at radius 2 is 2.00 bits per heavy atom. The number of hydrogen-bond acceptors (Lipinski definition) is 4. The molecule has 1 aromatic rings. The van der Waals surface area contributed by atoms with Crippen molar-refractivity contribution in [2.45, 2.75) is 44.6 Å². The van der Waals surface area contributed by atoms with E-state index in [0.29, 0.717) is 13.0 Å². The summed E-state index contributed by atoms with van der Waals surface area (Å²) in [7, 11) is 0. The highest BCUT2D eigenvalue weighted by Gasteiger charge is 2.47. The summed E-state index contributed by atoms with van der Waals surface area (Å²) < 4.78 is 0. The molecule has 0 bridgehead atoms. The average molecular weight is 333 g/mol. The van der Waals surface area contributed by atoms with Crippen LogP contribution < -0.4 is 11.2 Å². The van der Waals surface area contributed by atoms with Gasteiger partial charge in [-0.05, 0) is 32.3 Å². The van der Waals surface area contributed by atoms with Gasteiger partial charge < -0.3 is 10.6 Å². The lowest BCUT2D eigenvalue weighted by molar-refractivity contribution is -0.144. The van der Waals surface area contributed by atoms with E-state index in [9.17, 15) is 14.4 Å². The summed E-state index contributed by atoms with van der Waals surface area (Å²) in [4.78, 5) is 37.4. The van der Waals surface area contributed by atoms with Crippen LogP contribution in [0.25, 0.3) is 0 Å². The predicted molar refractivity (Wildman–Crippen MR) is 87.0 cm³/mol. The molecular formula is C17H23N3O4. The number of benzene rings is 1. The Kier molecular flexibility index (Phi) is 5.23. The summed E-state index contributed by atoms with van der Waals surface area (Å²) in [6, 6.07) is 6.81. The minimum absolute atomic E-state index is 0.0386. The number of nitrogens with one attached hydrogen (secondary N) is 1. The molecule has 24 heavy (non-hydrogen) atoms. The number of amides is 3. The van der Waals surface area contributed by atoms with Crippen LogP contribution >= 0.6 is 0 Å². The fraction of sp³-hybridized carbons (Fsp3) is 0.471. The standard InChI is InChI=1S/C17H23N3O4/c1-11-3-5-12(6-4-11)17(2)9-10-20(16(17)23)13(15(22)19-24)7-8-14(18)21/h3-6,13,24H,7-10H2,1-2H3,(H2,18,21)(H,19,22). The molecule has 0 radical (unpaired) electrons. The number of aryl methyl sites for hydroxylation is 1. The molecule has 7 nitrogen and oxygen atoms in total.